The smallest absolute Gasteiger partial charge is 0.221 e. The Kier molecular flexibility index (Phi) is 7.92. The maximum atomic E-state index is 11.8. The van der Waals surface area contributed by atoms with Gasteiger partial charge in [0.2, 0.25) is 5.91 Å². The number of nitrogens with zero attached hydrogens (tertiary/aromatic N) is 1. The van der Waals surface area contributed by atoms with Gasteiger partial charge in [-0.2, -0.15) is 0 Å². The first-order valence-electron chi connectivity index (χ1n) is 7.69. The van der Waals surface area contributed by atoms with Gasteiger partial charge < -0.3 is 9.50 Å². The topological polar surface area (TPSA) is 41.6 Å². The fourth-order valence-electron chi connectivity index (χ4n) is 2.64. The molecule has 1 saturated heterocycles. The zero-order valence-electron chi connectivity index (χ0n) is 13.2. The molecule has 1 aliphatic rings. The number of thiol groups is 1. The minimum absolute atomic E-state index is 0.163. The summed E-state index contributed by atoms with van der Waals surface area (Å²) in [5.74, 6) is 0.163. The van der Waals surface area contributed by atoms with Crippen molar-refractivity contribution in [3.63, 3.8) is 0 Å². The Balaban J connectivity index is 2.10. The van der Waals surface area contributed by atoms with Crippen molar-refractivity contribution in [2.45, 2.75) is 58.9 Å². The average Bonchev–Trinajstić information content (AvgIpc) is 2.79. The lowest BCUT2D eigenvalue weighted by molar-refractivity contribution is -0.121. The fraction of sp³-hybridized carbons (Fsp3) is 0.933. The van der Waals surface area contributed by atoms with Crippen LogP contribution in [0.3, 0.4) is 0 Å². The molecule has 20 heavy (non-hydrogen) atoms. The van der Waals surface area contributed by atoms with Crippen molar-refractivity contribution in [2.75, 3.05) is 26.2 Å². The van der Waals surface area contributed by atoms with Gasteiger partial charge in [-0.25, -0.2) is 0 Å². The molecule has 0 aliphatic carbocycles. The number of carbonyl (C=O) groups excluding carboxylic acids is 1. The molecule has 1 aliphatic heterocycles. The SMILES string of the molecule is CC(C)(C)CCCNC(=O)CCN1CCC[C@H]1COS. The van der Waals surface area contributed by atoms with Crippen LogP contribution in [0.2, 0.25) is 0 Å². The first-order chi connectivity index (χ1) is 9.42. The number of amides is 1. The van der Waals surface area contributed by atoms with Crippen LogP contribution in [-0.2, 0) is 8.98 Å². The van der Waals surface area contributed by atoms with Crippen LogP contribution in [0, 0.1) is 5.41 Å². The largest absolute Gasteiger partial charge is 0.356 e. The van der Waals surface area contributed by atoms with Gasteiger partial charge >= 0.3 is 0 Å². The van der Waals surface area contributed by atoms with Crippen molar-refractivity contribution in [3.8, 4) is 0 Å². The van der Waals surface area contributed by atoms with E-state index in [1.807, 2.05) is 0 Å². The highest BCUT2D eigenvalue weighted by Gasteiger charge is 2.24. The number of rotatable bonds is 8. The van der Waals surface area contributed by atoms with Crippen LogP contribution in [-0.4, -0.2) is 43.1 Å². The summed E-state index contributed by atoms with van der Waals surface area (Å²) in [7, 11) is 0. The van der Waals surface area contributed by atoms with E-state index < -0.39 is 0 Å². The van der Waals surface area contributed by atoms with Crippen molar-refractivity contribution >= 4 is 18.8 Å². The van der Waals surface area contributed by atoms with E-state index in [4.69, 9.17) is 4.18 Å². The number of nitrogens with one attached hydrogen (secondary N) is 1. The monoisotopic (exact) mass is 302 g/mol. The minimum Gasteiger partial charge on any atom is -0.356 e. The van der Waals surface area contributed by atoms with E-state index in [0.717, 1.165) is 38.9 Å². The second kappa shape index (κ2) is 8.90. The quantitative estimate of drug-likeness (QED) is 0.411. The Morgan fingerprint density at radius 2 is 2.20 bits per heavy atom. The molecule has 0 radical (unpaired) electrons. The molecular formula is C15H30N2O2S. The third-order valence-corrected chi connectivity index (χ3v) is 3.97. The molecule has 4 nitrogen and oxygen atoms in total. The number of likely N-dealkylation sites (tertiary alicyclic amines) is 1. The fourth-order valence-corrected chi connectivity index (χ4v) is 2.82. The molecule has 0 saturated carbocycles. The first-order valence-corrected chi connectivity index (χ1v) is 8.06. The van der Waals surface area contributed by atoms with Crippen LogP contribution in [0.4, 0.5) is 0 Å². The number of carbonyl (C=O) groups is 1. The maximum absolute atomic E-state index is 11.8. The summed E-state index contributed by atoms with van der Waals surface area (Å²) >= 11 is 3.82. The number of hydrogen-bond acceptors (Lipinski definition) is 4. The van der Waals surface area contributed by atoms with Crippen LogP contribution < -0.4 is 5.32 Å². The van der Waals surface area contributed by atoms with Gasteiger partial charge in [-0.3, -0.25) is 9.69 Å². The zero-order chi connectivity index (χ0) is 15.0. The van der Waals surface area contributed by atoms with Gasteiger partial charge in [0.05, 0.1) is 6.61 Å². The molecule has 118 valence electrons. The molecule has 0 bridgehead atoms. The van der Waals surface area contributed by atoms with Crippen LogP contribution in [0.25, 0.3) is 0 Å². The molecule has 0 aromatic rings. The van der Waals surface area contributed by atoms with E-state index >= 15 is 0 Å². The van der Waals surface area contributed by atoms with Crippen molar-refractivity contribution in [1.29, 1.82) is 0 Å². The molecule has 1 atom stereocenters. The predicted molar refractivity (Wildman–Crippen MR) is 85.8 cm³/mol. The molecule has 1 amide bonds. The number of hydrogen-bond donors (Lipinski definition) is 2. The van der Waals surface area contributed by atoms with E-state index in [1.54, 1.807) is 0 Å². The lowest BCUT2D eigenvalue weighted by atomic mass is 9.91. The van der Waals surface area contributed by atoms with Crippen LogP contribution in [0.15, 0.2) is 0 Å². The van der Waals surface area contributed by atoms with Gasteiger partial charge in [-0.1, -0.05) is 20.8 Å². The Hall–Kier alpha value is -0.260. The summed E-state index contributed by atoms with van der Waals surface area (Å²) in [5, 5.41) is 3.01. The third kappa shape index (κ3) is 7.50. The van der Waals surface area contributed by atoms with Crippen LogP contribution >= 0.6 is 12.9 Å². The summed E-state index contributed by atoms with van der Waals surface area (Å²) in [5.41, 5.74) is 0.348. The van der Waals surface area contributed by atoms with Crippen LogP contribution in [0.5, 0.6) is 0 Å². The molecule has 1 rings (SSSR count). The second-order valence-electron chi connectivity index (χ2n) is 6.89. The highest BCUT2D eigenvalue weighted by atomic mass is 32.1. The average molecular weight is 302 g/mol. The van der Waals surface area contributed by atoms with Gasteiger partial charge in [0.15, 0.2) is 0 Å². The standard InChI is InChI=1S/C15H30N2O2S/c1-15(2,3)8-5-9-16-14(18)7-11-17-10-4-6-13(17)12-19-20/h13,20H,4-12H2,1-3H3,(H,16,18)/t13-/m0/s1. The predicted octanol–water partition coefficient (Wildman–Crippen LogP) is 2.64. The molecule has 0 spiro atoms. The molecule has 0 unspecified atom stereocenters. The molecule has 0 aromatic heterocycles. The summed E-state index contributed by atoms with van der Waals surface area (Å²) in [4.78, 5) is 14.1. The van der Waals surface area contributed by atoms with Gasteiger partial charge in [-0.05, 0) is 50.6 Å². The van der Waals surface area contributed by atoms with Gasteiger partial charge in [0.1, 0.15) is 0 Å². The van der Waals surface area contributed by atoms with Crippen LogP contribution in [0.1, 0.15) is 52.9 Å². The van der Waals surface area contributed by atoms with Crippen molar-refractivity contribution < 1.29 is 8.98 Å². The molecular weight excluding hydrogens is 272 g/mol. The van der Waals surface area contributed by atoms with Crippen molar-refractivity contribution in [3.05, 3.63) is 0 Å². The zero-order valence-corrected chi connectivity index (χ0v) is 14.0. The summed E-state index contributed by atoms with van der Waals surface area (Å²) < 4.78 is 4.93. The molecule has 5 heteroatoms. The summed E-state index contributed by atoms with van der Waals surface area (Å²) in [6.45, 7) is 10.0. The molecule has 1 heterocycles. The van der Waals surface area contributed by atoms with E-state index in [-0.39, 0.29) is 5.91 Å². The highest BCUT2D eigenvalue weighted by molar-refractivity contribution is 7.75. The van der Waals surface area contributed by atoms with E-state index in [9.17, 15) is 4.79 Å². The lowest BCUT2D eigenvalue weighted by Gasteiger charge is -2.23. The second-order valence-corrected chi connectivity index (χ2v) is 7.15. The third-order valence-electron chi connectivity index (χ3n) is 3.82. The van der Waals surface area contributed by atoms with Gasteiger partial charge in [0.25, 0.3) is 0 Å². The van der Waals surface area contributed by atoms with Crippen molar-refractivity contribution in [1.82, 2.24) is 10.2 Å². The first kappa shape index (κ1) is 17.8. The Labute approximate surface area is 129 Å². The van der Waals surface area contributed by atoms with Gasteiger partial charge in [0, 0.05) is 25.6 Å². The highest BCUT2D eigenvalue weighted by Crippen LogP contribution is 2.20. The Morgan fingerprint density at radius 1 is 1.45 bits per heavy atom. The summed E-state index contributed by atoms with van der Waals surface area (Å²) in [6.07, 6.45) is 5.11. The molecule has 1 fully saturated rings. The van der Waals surface area contributed by atoms with E-state index in [2.05, 4.69) is 43.9 Å². The normalized spacial score (nSPS) is 20.3. The minimum atomic E-state index is 0.163. The maximum Gasteiger partial charge on any atom is 0.221 e. The van der Waals surface area contributed by atoms with E-state index in [1.165, 1.54) is 6.42 Å². The summed E-state index contributed by atoms with van der Waals surface area (Å²) in [6, 6.07) is 0.432. The molecule has 0 aromatic carbocycles. The Morgan fingerprint density at radius 3 is 2.85 bits per heavy atom. The van der Waals surface area contributed by atoms with Crippen molar-refractivity contribution in [2.24, 2.45) is 5.41 Å². The lowest BCUT2D eigenvalue weighted by Crippen LogP contribution is -2.36. The molecule has 1 N–H and O–H groups in total. The van der Waals surface area contributed by atoms with Gasteiger partial charge in [-0.15, -0.1) is 0 Å². The van der Waals surface area contributed by atoms with E-state index in [0.29, 0.717) is 24.5 Å². The Bertz CT molecular complexity index is 292.